The molecule has 1 rings (SSSR count). The quantitative estimate of drug-likeness (QED) is 0.621. The fourth-order valence-corrected chi connectivity index (χ4v) is 1.11. The lowest BCUT2D eigenvalue weighted by Crippen LogP contribution is -2.14. The summed E-state index contributed by atoms with van der Waals surface area (Å²) in [5.74, 6) is -0.0753. The first-order valence-electron chi connectivity index (χ1n) is 3.66. The molecule has 0 atom stereocenters. The Morgan fingerprint density at radius 1 is 1.62 bits per heavy atom. The van der Waals surface area contributed by atoms with E-state index in [4.69, 9.17) is 5.11 Å². The van der Waals surface area contributed by atoms with E-state index in [0.717, 1.165) is 6.20 Å². The van der Waals surface area contributed by atoms with Gasteiger partial charge in [-0.15, -0.1) is 4.91 Å². The van der Waals surface area contributed by atoms with E-state index in [1.807, 2.05) is 0 Å². The minimum atomic E-state index is -0.246. The van der Waals surface area contributed by atoms with E-state index >= 15 is 0 Å². The van der Waals surface area contributed by atoms with Crippen LogP contribution >= 0.6 is 0 Å². The average molecular weight is 182 g/mol. The van der Waals surface area contributed by atoms with E-state index in [1.165, 1.54) is 6.20 Å². The van der Waals surface area contributed by atoms with Crippen LogP contribution in [-0.4, -0.2) is 28.8 Å². The van der Waals surface area contributed by atoms with Crippen molar-refractivity contribution in [2.45, 2.75) is 0 Å². The third-order valence-corrected chi connectivity index (χ3v) is 1.66. The van der Waals surface area contributed by atoms with Gasteiger partial charge in [-0.05, 0) is 5.18 Å². The summed E-state index contributed by atoms with van der Waals surface area (Å²) < 4.78 is 0. The predicted octanol–water partition coefficient (Wildman–Crippen LogP) is 0.858. The zero-order valence-corrected chi connectivity index (χ0v) is 7.14. The van der Waals surface area contributed by atoms with Crippen LogP contribution in [0.2, 0.25) is 0 Å². The summed E-state index contributed by atoms with van der Waals surface area (Å²) in [6.07, 6.45) is 4.01. The fraction of sp³-hybridized carbons (Fsp3) is 0.250. The van der Waals surface area contributed by atoms with Crippen LogP contribution in [0.25, 0.3) is 0 Å². The van der Waals surface area contributed by atoms with Gasteiger partial charge in [0.1, 0.15) is 5.76 Å². The number of aliphatic hydroxyl groups excluding tert-OH is 2. The molecule has 1 aliphatic rings. The van der Waals surface area contributed by atoms with Crippen molar-refractivity contribution in [2.24, 2.45) is 5.18 Å². The molecule has 2 N–H and O–H groups in total. The topological polar surface area (TPSA) is 73.1 Å². The van der Waals surface area contributed by atoms with E-state index < -0.39 is 0 Å². The van der Waals surface area contributed by atoms with Crippen molar-refractivity contribution in [3.05, 3.63) is 40.4 Å². The van der Waals surface area contributed by atoms with Gasteiger partial charge in [-0.3, -0.25) is 0 Å². The zero-order valence-electron chi connectivity index (χ0n) is 7.14. The maximum absolute atomic E-state index is 9.97. The number of hydrogen-bond donors (Lipinski definition) is 2. The van der Waals surface area contributed by atoms with Gasteiger partial charge in [-0.2, -0.15) is 0 Å². The molecule has 0 aliphatic carbocycles. The molecule has 1 heterocycles. The molecular weight excluding hydrogens is 172 g/mol. The summed E-state index contributed by atoms with van der Waals surface area (Å²) in [5.41, 5.74) is 0.720. The van der Waals surface area contributed by atoms with Gasteiger partial charge in [0.25, 0.3) is 0 Å². The lowest BCUT2D eigenvalue weighted by Gasteiger charge is -2.19. The van der Waals surface area contributed by atoms with Gasteiger partial charge in [0.2, 0.25) is 0 Å². The fourth-order valence-electron chi connectivity index (χ4n) is 1.11. The Morgan fingerprint density at radius 3 is 2.85 bits per heavy atom. The van der Waals surface area contributed by atoms with E-state index in [2.05, 4.69) is 5.18 Å². The molecule has 0 fully saturated rings. The number of rotatable bonds is 2. The third kappa shape index (κ3) is 1.94. The van der Waals surface area contributed by atoms with E-state index in [1.54, 1.807) is 18.1 Å². The van der Waals surface area contributed by atoms with Crippen molar-refractivity contribution in [3.63, 3.8) is 0 Å². The first kappa shape index (κ1) is 9.47. The van der Waals surface area contributed by atoms with Crippen LogP contribution in [0.3, 0.4) is 0 Å². The number of aliphatic hydroxyl groups is 2. The average Bonchev–Trinajstić information content (AvgIpc) is 2.09. The normalized spacial score (nSPS) is 19.8. The molecule has 0 saturated heterocycles. The first-order valence-corrected chi connectivity index (χ1v) is 3.66. The summed E-state index contributed by atoms with van der Waals surface area (Å²) in [7, 11) is 1.71. The monoisotopic (exact) mass is 182 g/mol. The molecule has 0 aromatic carbocycles. The van der Waals surface area contributed by atoms with Crippen LogP contribution in [-0.2, 0) is 0 Å². The predicted molar refractivity (Wildman–Crippen MR) is 47.5 cm³/mol. The second-order valence-electron chi connectivity index (χ2n) is 2.64. The summed E-state index contributed by atoms with van der Waals surface area (Å²) in [6, 6.07) is 0. The Hall–Kier alpha value is -1.62. The van der Waals surface area contributed by atoms with Gasteiger partial charge in [0.15, 0.2) is 0 Å². The van der Waals surface area contributed by atoms with Gasteiger partial charge >= 0.3 is 0 Å². The number of allylic oxidation sites excluding steroid dienone is 1. The molecule has 70 valence electrons. The number of hydrogen-bond acceptors (Lipinski definition) is 5. The lowest BCUT2D eigenvalue weighted by molar-refractivity contribution is 0.322. The summed E-state index contributed by atoms with van der Waals surface area (Å²) >= 11 is 0. The van der Waals surface area contributed by atoms with Crippen LogP contribution in [0.15, 0.2) is 40.7 Å². The molecule has 0 aromatic rings. The van der Waals surface area contributed by atoms with Crippen molar-refractivity contribution in [1.82, 2.24) is 4.90 Å². The molecule has 0 spiro atoms. The third-order valence-electron chi connectivity index (χ3n) is 1.66. The number of nitroso groups, excluding NO2 is 1. The van der Waals surface area contributed by atoms with Gasteiger partial charge in [-0.1, -0.05) is 0 Å². The van der Waals surface area contributed by atoms with Crippen molar-refractivity contribution in [2.75, 3.05) is 13.7 Å². The van der Waals surface area contributed by atoms with Crippen molar-refractivity contribution in [1.29, 1.82) is 0 Å². The van der Waals surface area contributed by atoms with Crippen LogP contribution < -0.4 is 0 Å². The zero-order chi connectivity index (χ0) is 9.84. The Bertz CT molecular complexity index is 305. The van der Waals surface area contributed by atoms with Crippen LogP contribution in [0.4, 0.5) is 0 Å². The molecule has 0 saturated carbocycles. The Balaban J connectivity index is 3.05. The molecule has 5 nitrogen and oxygen atoms in total. The van der Waals surface area contributed by atoms with Gasteiger partial charge in [0, 0.05) is 30.6 Å². The Kier molecular flexibility index (Phi) is 2.81. The largest absolute Gasteiger partial charge is 0.506 e. The number of nitrogens with zero attached hydrogens (tertiary/aromatic N) is 2. The van der Waals surface area contributed by atoms with Crippen molar-refractivity contribution < 1.29 is 10.2 Å². The van der Waals surface area contributed by atoms with Gasteiger partial charge in [-0.25, -0.2) is 0 Å². The van der Waals surface area contributed by atoms with Crippen LogP contribution in [0.1, 0.15) is 0 Å². The molecule has 0 amide bonds. The van der Waals surface area contributed by atoms with E-state index in [0.29, 0.717) is 5.57 Å². The highest BCUT2D eigenvalue weighted by Gasteiger charge is 2.15. The molecule has 1 aliphatic heterocycles. The molecule has 0 radical (unpaired) electrons. The minimum absolute atomic E-state index is 0.0753. The smallest absolute Gasteiger partial charge is 0.141 e. The minimum Gasteiger partial charge on any atom is -0.506 e. The second-order valence-corrected chi connectivity index (χ2v) is 2.64. The van der Waals surface area contributed by atoms with Crippen molar-refractivity contribution >= 4 is 0 Å². The SMILES string of the molecule is CN1C=C(O)/C(=C/N=O)C(CO)=C1. The molecule has 0 aromatic heterocycles. The second kappa shape index (κ2) is 3.86. The van der Waals surface area contributed by atoms with Crippen molar-refractivity contribution in [3.8, 4) is 0 Å². The molecule has 13 heavy (non-hydrogen) atoms. The standard InChI is InChI=1S/C8H10N2O3/c1-10-3-6(5-11)7(2-9-13)8(12)4-10/h2-4,11-12H,5H2,1H3/b7-2+. The molecule has 0 bridgehead atoms. The lowest BCUT2D eigenvalue weighted by atomic mass is 10.1. The van der Waals surface area contributed by atoms with E-state index in [9.17, 15) is 10.0 Å². The van der Waals surface area contributed by atoms with Gasteiger partial charge < -0.3 is 15.1 Å². The molecule has 5 heteroatoms. The Morgan fingerprint density at radius 2 is 2.31 bits per heavy atom. The highest BCUT2D eigenvalue weighted by atomic mass is 16.3. The van der Waals surface area contributed by atoms with E-state index in [-0.39, 0.29) is 17.9 Å². The molecule has 0 unspecified atom stereocenters. The highest BCUT2D eigenvalue weighted by Crippen LogP contribution is 2.22. The van der Waals surface area contributed by atoms with Gasteiger partial charge in [0.05, 0.1) is 12.8 Å². The highest BCUT2D eigenvalue weighted by molar-refractivity contribution is 5.45. The summed E-state index contributed by atoms with van der Waals surface area (Å²) in [5, 5.41) is 20.8. The summed E-state index contributed by atoms with van der Waals surface area (Å²) in [6.45, 7) is -0.246. The molecular formula is C8H10N2O3. The summed E-state index contributed by atoms with van der Waals surface area (Å²) in [4.78, 5) is 11.6. The Labute approximate surface area is 75.3 Å². The van der Waals surface area contributed by atoms with Crippen LogP contribution in [0.5, 0.6) is 0 Å². The maximum Gasteiger partial charge on any atom is 0.141 e. The van der Waals surface area contributed by atoms with Crippen LogP contribution in [0, 0.1) is 4.91 Å². The maximum atomic E-state index is 9.97. The first-order chi connectivity index (χ1) is 6.19.